The SMILES string of the molecule is O=C(Nc1ccccc1)OC1CN=C(c2ccc(NC(=O)C(F)(F)F)cc2)OC1c1ccccc1. The topological polar surface area (TPSA) is 89.0 Å². The molecule has 2 amide bonds. The number of anilines is 2. The number of nitrogens with zero attached hydrogens (tertiary/aromatic N) is 1. The molecule has 0 fully saturated rings. The Bertz CT molecular complexity index is 1200. The fourth-order valence-electron chi connectivity index (χ4n) is 3.39. The minimum absolute atomic E-state index is 0.0223. The second kappa shape index (κ2) is 10.3. The van der Waals surface area contributed by atoms with Crippen LogP contribution in [0.3, 0.4) is 0 Å². The number of para-hydroxylation sites is 1. The average molecular weight is 483 g/mol. The molecule has 7 nitrogen and oxygen atoms in total. The van der Waals surface area contributed by atoms with Crippen molar-refractivity contribution >= 4 is 29.3 Å². The quantitative estimate of drug-likeness (QED) is 0.514. The van der Waals surface area contributed by atoms with Gasteiger partial charge in [-0.05, 0) is 42.0 Å². The highest BCUT2D eigenvalue weighted by atomic mass is 19.4. The van der Waals surface area contributed by atoms with E-state index in [-0.39, 0.29) is 18.1 Å². The molecule has 4 rings (SSSR count). The highest BCUT2D eigenvalue weighted by Gasteiger charge is 2.38. The number of nitrogens with one attached hydrogen (secondary N) is 2. The predicted molar refractivity (Wildman–Crippen MR) is 123 cm³/mol. The van der Waals surface area contributed by atoms with Gasteiger partial charge in [-0.3, -0.25) is 10.1 Å². The van der Waals surface area contributed by atoms with Crippen LogP contribution in [0.25, 0.3) is 0 Å². The second-order valence-corrected chi connectivity index (χ2v) is 7.56. The summed E-state index contributed by atoms with van der Waals surface area (Å²) in [7, 11) is 0. The van der Waals surface area contributed by atoms with Crippen molar-refractivity contribution in [1.82, 2.24) is 0 Å². The Morgan fingerprint density at radius 2 is 1.46 bits per heavy atom. The number of carbonyl (C=O) groups is 2. The number of hydrogen-bond acceptors (Lipinski definition) is 5. The van der Waals surface area contributed by atoms with E-state index in [1.54, 1.807) is 29.6 Å². The van der Waals surface area contributed by atoms with E-state index in [1.807, 2.05) is 36.4 Å². The van der Waals surface area contributed by atoms with E-state index in [2.05, 4.69) is 10.3 Å². The molecular weight excluding hydrogens is 463 g/mol. The average Bonchev–Trinajstić information content (AvgIpc) is 2.85. The van der Waals surface area contributed by atoms with Crippen molar-refractivity contribution in [3.8, 4) is 0 Å². The molecular formula is C25H20F3N3O4. The zero-order valence-electron chi connectivity index (χ0n) is 18.2. The molecule has 1 aliphatic rings. The lowest BCUT2D eigenvalue weighted by Crippen LogP contribution is -2.37. The lowest BCUT2D eigenvalue weighted by molar-refractivity contribution is -0.167. The third-order valence-electron chi connectivity index (χ3n) is 5.04. The van der Waals surface area contributed by atoms with Gasteiger partial charge in [-0.25, -0.2) is 9.79 Å². The highest BCUT2D eigenvalue weighted by molar-refractivity contribution is 5.97. The summed E-state index contributed by atoms with van der Waals surface area (Å²) in [5, 5.41) is 4.44. The number of rotatable bonds is 5. The first-order chi connectivity index (χ1) is 16.8. The Labute approximate surface area is 198 Å². The first kappa shape index (κ1) is 23.8. The summed E-state index contributed by atoms with van der Waals surface area (Å²) in [6.07, 6.45) is -7.04. The van der Waals surface area contributed by atoms with Gasteiger partial charge in [0, 0.05) is 16.9 Å². The maximum atomic E-state index is 12.5. The van der Waals surface area contributed by atoms with Crippen molar-refractivity contribution in [1.29, 1.82) is 0 Å². The lowest BCUT2D eigenvalue weighted by Gasteiger charge is -2.31. The molecule has 1 aliphatic heterocycles. The van der Waals surface area contributed by atoms with Crippen LogP contribution in [0.1, 0.15) is 17.2 Å². The molecule has 0 saturated heterocycles. The molecule has 2 N–H and O–H groups in total. The molecule has 2 unspecified atom stereocenters. The molecule has 0 saturated carbocycles. The van der Waals surface area contributed by atoms with Crippen molar-refractivity contribution in [3.05, 3.63) is 96.1 Å². The fraction of sp³-hybridized carbons (Fsp3) is 0.160. The summed E-state index contributed by atoms with van der Waals surface area (Å²) < 4.78 is 49.1. The third kappa shape index (κ3) is 6.17. The van der Waals surface area contributed by atoms with Crippen LogP contribution >= 0.6 is 0 Å². The number of alkyl halides is 3. The Balaban J connectivity index is 1.50. The van der Waals surface area contributed by atoms with Gasteiger partial charge in [0.15, 0.2) is 12.2 Å². The first-order valence-corrected chi connectivity index (χ1v) is 10.6. The van der Waals surface area contributed by atoms with E-state index < -0.39 is 30.4 Å². The smallest absolute Gasteiger partial charge is 0.465 e. The third-order valence-corrected chi connectivity index (χ3v) is 5.04. The molecule has 2 atom stereocenters. The van der Waals surface area contributed by atoms with Crippen molar-refractivity contribution in [2.45, 2.75) is 18.4 Å². The maximum absolute atomic E-state index is 12.5. The summed E-state index contributed by atoms with van der Waals surface area (Å²) in [5.74, 6) is -1.83. The summed E-state index contributed by atoms with van der Waals surface area (Å²) >= 11 is 0. The fourth-order valence-corrected chi connectivity index (χ4v) is 3.39. The second-order valence-electron chi connectivity index (χ2n) is 7.56. The van der Waals surface area contributed by atoms with Crippen LogP contribution in [-0.2, 0) is 14.3 Å². The normalized spacial score (nSPS) is 17.5. The molecule has 0 aliphatic carbocycles. The zero-order chi connectivity index (χ0) is 24.8. The van der Waals surface area contributed by atoms with Gasteiger partial charge in [-0.1, -0.05) is 48.5 Å². The van der Waals surface area contributed by atoms with Gasteiger partial charge in [-0.15, -0.1) is 0 Å². The number of hydrogen-bond donors (Lipinski definition) is 2. The first-order valence-electron chi connectivity index (χ1n) is 10.6. The van der Waals surface area contributed by atoms with Gasteiger partial charge in [0.2, 0.25) is 5.90 Å². The van der Waals surface area contributed by atoms with Crippen molar-refractivity contribution in [2.24, 2.45) is 4.99 Å². The molecule has 180 valence electrons. The molecule has 0 radical (unpaired) electrons. The highest BCUT2D eigenvalue weighted by Crippen LogP contribution is 2.30. The van der Waals surface area contributed by atoms with E-state index in [4.69, 9.17) is 9.47 Å². The van der Waals surface area contributed by atoms with E-state index >= 15 is 0 Å². The van der Waals surface area contributed by atoms with Gasteiger partial charge in [0.1, 0.15) is 0 Å². The number of halogens is 3. The van der Waals surface area contributed by atoms with E-state index in [0.717, 1.165) is 5.56 Å². The van der Waals surface area contributed by atoms with Gasteiger partial charge in [-0.2, -0.15) is 13.2 Å². The Kier molecular flexibility index (Phi) is 7.00. The van der Waals surface area contributed by atoms with Crippen molar-refractivity contribution < 1.29 is 32.2 Å². The molecule has 0 bridgehead atoms. The maximum Gasteiger partial charge on any atom is 0.471 e. The Hall–Kier alpha value is -4.34. The Morgan fingerprint density at radius 3 is 2.09 bits per heavy atom. The van der Waals surface area contributed by atoms with Crippen LogP contribution in [-0.4, -0.2) is 36.7 Å². The van der Waals surface area contributed by atoms with Crippen LogP contribution in [0.5, 0.6) is 0 Å². The minimum atomic E-state index is -4.99. The number of aliphatic imine (C=N–C) groups is 1. The Morgan fingerprint density at radius 1 is 0.857 bits per heavy atom. The summed E-state index contributed by atoms with van der Waals surface area (Å²) in [6, 6.07) is 23.6. The lowest BCUT2D eigenvalue weighted by atomic mass is 10.0. The van der Waals surface area contributed by atoms with Crippen LogP contribution in [0.4, 0.5) is 29.3 Å². The monoisotopic (exact) mass is 483 g/mol. The number of ether oxygens (including phenoxy) is 2. The molecule has 3 aromatic rings. The molecule has 0 spiro atoms. The molecule has 10 heteroatoms. The number of benzene rings is 3. The summed E-state index contributed by atoms with van der Waals surface area (Å²) in [6.45, 7) is 0.101. The van der Waals surface area contributed by atoms with Crippen molar-refractivity contribution in [3.63, 3.8) is 0 Å². The van der Waals surface area contributed by atoms with Gasteiger partial charge < -0.3 is 14.8 Å². The van der Waals surface area contributed by atoms with Crippen LogP contribution in [0, 0.1) is 0 Å². The van der Waals surface area contributed by atoms with Crippen LogP contribution in [0.2, 0.25) is 0 Å². The number of carbonyl (C=O) groups excluding carboxylic acids is 2. The standard InChI is InChI=1S/C25H20F3N3O4/c26-25(27,28)23(32)30-19-13-11-17(12-14-19)22-29-15-20(21(35-22)16-7-3-1-4-8-16)34-24(33)31-18-9-5-2-6-10-18/h1-14,20-21H,15H2,(H,30,32)(H,31,33). The summed E-state index contributed by atoms with van der Waals surface area (Å²) in [5.41, 5.74) is 1.80. The molecule has 0 aromatic heterocycles. The van der Waals surface area contributed by atoms with E-state index in [9.17, 15) is 22.8 Å². The number of amides is 2. The van der Waals surface area contributed by atoms with E-state index in [0.29, 0.717) is 11.3 Å². The van der Waals surface area contributed by atoms with Crippen LogP contribution < -0.4 is 10.6 Å². The van der Waals surface area contributed by atoms with Gasteiger partial charge in [0.25, 0.3) is 0 Å². The van der Waals surface area contributed by atoms with Gasteiger partial charge >= 0.3 is 18.2 Å². The van der Waals surface area contributed by atoms with Crippen molar-refractivity contribution in [2.75, 3.05) is 17.2 Å². The minimum Gasteiger partial charge on any atom is -0.465 e. The van der Waals surface area contributed by atoms with Crippen LogP contribution in [0.15, 0.2) is 89.9 Å². The zero-order valence-corrected chi connectivity index (χ0v) is 18.2. The predicted octanol–water partition coefficient (Wildman–Crippen LogP) is 5.32. The van der Waals surface area contributed by atoms with Gasteiger partial charge in [0.05, 0.1) is 6.54 Å². The molecule has 35 heavy (non-hydrogen) atoms. The molecule has 1 heterocycles. The summed E-state index contributed by atoms with van der Waals surface area (Å²) in [4.78, 5) is 28.0. The molecule has 3 aromatic carbocycles. The van der Waals surface area contributed by atoms with E-state index in [1.165, 1.54) is 24.3 Å². The largest absolute Gasteiger partial charge is 0.471 e.